The van der Waals surface area contributed by atoms with Gasteiger partial charge in [-0.05, 0) is 44.3 Å². The standard InChI is InChI=1S/C19H24N2O4/c1-21(2)11-15-7-8-17(25-15)19(22)20-10-13-9-14-5-4-6-16(23-3)18(14)24-12-13/h4-8,13H,9-12H2,1-3H3,(H,20,22)/t13-/m0/s1. The molecule has 1 N–H and O–H groups in total. The summed E-state index contributed by atoms with van der Waals surface area (Å²) in [5, 5.41) is 2.94. The summed E-state index contributed by atoms with van der Waals surface area (Å²) in [5.74, 6) is 2.71. The number of hydrogen-bond acceptors (Lipinski definition) is 5. The number of benzene rings is 1. The second kappa shape index (κ2) is 7.61. The Morgan fingerprint density at radius 1 is 1.32 bits per heavy atom. The largest absolute Gasteiger partial charge is 0.493 e. The van der Waals surface area contributed by atoms with Crippen LogP contribution in [0.4, 0.5) is 0 Å². The van der Waals surface area contributed by atoms with Crippen LogP contribution in [0.15, 0.2) is 34.7 Å². The van der Waals surface area contributed by atoms with Crippen LogP contribution in [-0.2, 0) is 13.0 Å². The monoisotopic (exact) mass is 344 g/mol. The van der Waals surface area contributed by atoms with Gasteiger partial charge in [0.2, 0.25) is 0 Å². The number of carbonyl (C=O) groups excluding carboxylic acids is 1. The molecule has 0 fully saturated rings. The van der Waals surface area contributed by atoms with Crippen molar-refractivity contribution in [2.45, 2.75) is 13.0 Å². The molecule has 0 aliphatic carbocycles. The first kappa shape index (κ1) is 17.4. The Bertz CT molecular complexity index is 739. The van der Waals surface area contributed by atoms with E-state index in [2.05, 4.69) is 5.32 Å². The number of methoxy groups -OCH3 is 1. The molecule has 0 bridgehead atoms. The average molecular weight is 344 g/mol. The molecule has 2 heterocycles. The fourth-order valence-corrected chi connectivity index (χ4v) is 2.97. The number of rotatable bonds is 6. The molecule has 25 heavy (non-hydrogen) atoms. The van der Waals surface area contributed by atoms with E-state index in [4.69, 9.17) is 13.9 Å². The highest BCUT2D eigenvalue weighted by atomic mass is 16.5. The molecule has 134 valence electrons. The van der Waals surface area contributed by atoms with Crippen molar-refractivity contribution < 1.29 is 18.7 Å². The molecule has 3 rings (SSSR count). The van der Waals surface area contributed by atoms with Crippen molar-refractivity contribution in [3.63, 3.8) is 0 Å². The van der Waals surface area contributed by atoms with Crippen molar-refractivity contribution in [2.24, 2.45) is 5.92 Å². The number of hydrogen-bond donors (Lipinski definition) is 1. The molecule has 1 aromatic heterocycles. The van der Waals surface area contributed by atoms with Crippen molar-refractivity contribution >= 4 is 5.91 Å². The number of nitrogens with one attached hydrogen (secondary N) is 1. The third-order valence-electron chi connectivity index (χ3n) is 4.16. The van der Waals surface area contributed by atoms with Crippen LogP contribution in [0.25, 0.3) is 0 Å². The maximum atomic E-state index is 12.3. The van der Waals surface area contributed by atoms with E-state index in [1.54, 1.807) is 13.2 Å². The van der Waals surface area contributed by atoms with Gasteiger partial charge in [-0.15, -0.1) is 0 Å². The zero-order valence-electron chi connectivity index (χ0n) is 14.9. The minimum atomic E-state index is -0.193. The summed E-state index contributed by atoms with van der Waals surface area (Å²) in [5.41, 5.74) is 1.11. The summed E-state index contributed by atoms with van der Waals surface area (Å²) in [6.45, 7) is 1.76. The SMILES string of the molecule is COc1cccc2c1OC[C@H](CNC(=O)c1ccc(CN(C)C)o1)C2. The first-order valence-electron chi connectivity index (χ1n) is 8.37. The molecule has 0 saturated heterocycles. The summed E-state index contributed by atoms with van der Waals surface area (Å²) in [6.07, 6.45) is 0.844. The van der Waals surface area contributed by atoms with E-state index in [1.807, 2.05) is 43.3 Å². The minimum Gasteiger partial charge on any atom is -0.493 e. The second-order valence-corrected chi connectivity index (χ2v) is 6.54. The average Bonchev–Trinajstić information content (AvgIpc) is 3.06. The summed E-state index contributed by atoms with van der Waals surface area (Å²) in [4.78, 5) is 14.2. The van der Waals surface area contributed by atoms with Crippen LogP contribution in [0.2, 0.25) is 0 Å². The van der Waals surface area contributed by atoms with Gasteiger partial charge in [0.1, 0.15) is 5.76 Å². The first-order chi connectivity index (χ1) is 12.1. The molecule has 6 nitrogen and oxygen atoms in total. The highest BCUT2D eigenvalue weighted by molar-refractivity contribution is 5.91. The number of para-hydroxylation sites is 1. The highest BCUT2D eigenvalue weighted by Gasteiger charge is 2.23. The van der Waals surface area contributed by atoms with Crippen molar-refractivity contribution in [2.75, 3.05) is 34.4 Å². The number of nitrogens with zero attached hydrogens (tertiary/aromatic N) is 1. The Labute approximate surface area is 147 Å². The van der Waals surface area contributed by atoms with Crippen LogP contribution in [0.3, 0.4) is 0 Å². The molecule has 0 spiro atoms. The number of ether oxygens (including phenoxy) is 2. The van der Waals surface area contributed by atoms with Gasteiger partial charge in [-0.2, -0.15) is 0 Å². The summed E-state index contributed by atoms with van der Waals surface area (Å²) < 4.78 is 16.7. The van der Waals surface area contributed by atoms with Gasteiger partial charge in [0.15, 0.2) is 17.3 Å². The lowest BCUT2D eigenvalue weighted by molar-refractivity contribution is 0.0907. The van der Waals surface area contributed by atoms with Crippen LogP contribution in [0.5, 0.6) is 11.5 Å². The van der Waals surface area contributed by atoms with E-state index < -0.39 is 0 Å². The van der Waals surface area contributed by atoms with Gasteiger partial charge in [0, 0.05) is 12.5 Å². The van der Waals surface area contributed by atoms with Gasteiger partial charge >= 0.3 is 0 Å². The number of fused-ring (bicyclic) bond motifs is 1. The lowest BCUT2D eigenvalue weighted by atomic mass is 9.96. The number of amides is 1. The molecule has 1 aliphatic heterocycles. The Morgan fingerprint density at radius 3 is 2.92 bits per heavy atom. The molecule has 0 radical (unpaired) electrons. The maximum Gasteiger partial charge on any atom is 0.287 e. The Hall–Kier alpha value is -2.47. The minimum absolute atomic E-state index is 0.193. The zero-order valence-corrected chi connectivity index (χ0v) is 14.9. The molecule has 1 aliphatic rings. The first-order valence-corrected chi connectivity index (χ1v) is 8.37. The fraction of sp³-hybridized carbons (Fsp3) is 0.421. The molecule has 0 unspecified atom stereocenters. The van der Waals surface area contributed by atoms with Crippen LogP contribution in [0, 0.1) is 5.92 Å². The lowest BCUT2D eigenvalue weighted by Gasteiger charge is -2.26. The van der Waals surface area contributed by atoms with Gasteiger partial charge in [0.25, 0.3) is 5.91 Å². The molecule has 0 saturated carbocycles. The van der Waals surface area contributed by atoms with Crippen molar-refractivity contribution in [1.29, 1.82) is 0 Å². The van der Waals surface area contributed by atoms with Crippen molar-refractivity contribution in [3.8, 4) is 11.5 Å². The van der Waals surface area contributed by atoms with Crippen LogP contribution >= 0.6 is 0 Å². The molecule has 6 heteroatoms. The van der Waals surface area contributed by atoms with E-state index in [0.29, 0.717) is 25.5 Å². The van der Waals surface area contributed by atoms with Gasteiger partial charge < -0.3 is 24.1 Å². The quantitative estimate of drug-likeness (QED) is 0.871. The van der Waals surface area contributed by atoms with E-state index in [-0.39, 0.29) is 11.8 Å². The Morgan fingerprint density at radius 2 is 2.16 bits per heavy atom. The summed E-state index contributed by atoms with van der Waals surface area (Å²) in [7, 11) is 5.55. The van der Waals surface area contributed by atoms with Gasteiger partial charge in [-0.3, -0.25) is 4.79 Å². The highest BCUT2D eigenvalue weighted by Crippen LogP contribution is 2.35. The fourth-order valence-electron chi connectivity index (χ4n) is 2.97. The number of furan rings is 1. The van der Waals surface area contributed by atoms with E-state index in [0.717, 1.165) is 29.2 Å². The second-order valence-electron chi connectivity index (χ2n) is 6.54. The maximum absolute atomic E-state index is 12.3. The smallest absolute Gasteiger partial charge is 0.287 e. The van der Waals surface area contributed by atoms with Gasteiger partial charge in [0.05, 0.1) is 20.3 Å². The lowest BCUT2D eigenvalue weighted by Crippen LogP contribution is -2.34. The third-order valence-corrected chi connectivity index (χ3v) is 4.16. The van der Waals surface area contributed by atoms with Crippen molar-refractivity contribution in [1.82, 2.24) is 10.2 Å². The zero-order chi connectivity index (χ0) is 17.8. The molecule has 1 atom stereocenters. The van der Waals surface area contributed by atoms with E-state index >= 15 is 0 Å². The molecule has 2 aromatic rings. The summed E-state index contributed by atoms with van der Waals surface area (Å²) in [6, 6.07) is 9.43. The van der Waals surface area contributed by atoms with Crippen LogP contribution < -0.4 is 14.8 Å². The van der Waals surface area contributed by atoms with Gasteiger partial charge in [-0.25, -0.2) is 0 Å². The predicted molar refractivity (Wildman–Crippen MR) is 94.1 cm³/mol. The third kappa shape index (κ3) is 4.14. The number of carbonyl (C=O) groups is 1. The molecular formula is C19H24N2O4. The normalized spacial score (nSPS) is 16.2. The van der Waals surface area contributed by atoms with E-state index in [9.17, 15) is 4.79 Å². The van der Waals surface area contributed by atoms with Crippen LogP contribution in [-0.4, -0.2) is 45.2 Å². The topological polar surface area (TPSA) is 63.9 Å². The Balaban J connectivity index is 1.55. The predicted octanol–water partition coefficient (Wildman–Crippen LogP) is 2.33. The van der Waals surface area contributed by atoms with Crippen molar-refractivity contribution in [3.05, 3.63) is 47.4 Å². The van der Waals surface area contributed by atoms with Crippen LogP contribution in [0.1, 0.15) is 21.9 Å². The Kier molecular flexibility index (Phi) is 5.28. The molecule has 1 aromatic carbocycles. The summed E-state index contributed by atoms with van der Waals surface area (Å²) >= 11 is 0. The van der Waals surface area contributed by atoms with E-state index in [1.165, 1.54) is 0 Å². The van der Waals surface area contributed by atoms with Gasteiger partial charge in [-0.1, -0.05) is 12.1 Å². The molecular weight excluding hydrogens is 320 g/mol. The molecule has 1 amide bonds.